The molecule has 1 rings (SSSR count). The van der Waals surface area contributed by atoms with Gasteiger partial charge >= 0.3 is 11.8 Å². The van der Waals surface area contributed by atoms with E-state index in [1.165, 1.54) is 0 Å². The number of halogens is 3. The van der Waals surface area contributed by atoms with E-state index in [0.29, 0.717) is 6.07 Å². The van der Waals surface area contributed by atoms with Crippen LogP contribution < -0.4 is 10.6 Å². The van der Waals surface area contributed by atoms with E-state index in [1.54, 1.807) is 13.8 Å². The number of hydrogen-bond acceptors (Lipinski definition) is 3. The van der Waals surface area contributed by atoms with Crippen LogP contribution >= 0.6 is 0 Å². The van der Waals surface area contributed by atoms with Gasteiger partial charge in [0.25, 0.3) is 0 Å². The molecule has 3 N–H and O–H groups in total. The number of carbonyl (C=O) groups excluding carboxylic acids is 2. The molecule has 0 fully saturated rings. The van der Waals surface area contributed by atoms with Crippen LogP contribution in [0.2, 0.25) is 0 Å². The number of rotatable bonds is 4. The molecule has 0 aliphatic carbocycles. The fourth-order valence-electron chi connectivity index (χ4n) is 1.37. The molecular weight excluding hydrogens is 289 g/mol. The van der Waals surface area contributed by atoms with Crippen LogP contribution in [0.15, 0.2) is 12.1 Å². The minimum atomic E-state index is -1.74. The van der Waals surface area contributed by atoms with Crippen LogP contribution in [0.4, 0.5) is 18.9 Å². The van der Waals surface area contributed by atoms with Crippen molar-refractivity contribution >= 4 is 17.5 Å². The van der Waals surface area contributed by atoms with Gasteiger partial charge < -0.3 is 15.7 Å². The second kappa shape index (κ2) is 7.07. The van der Waals surface area contributed by atoms with E-state index in [1.807, 2.05) is 5.32 Å². The van der Waals surface area contributed by atoms with Gasteiger partial charge in [-0.25, -0.2) is 13.2 Å². The Morgan fingerprint density at radius 2 is 1.76 bits per heavy atom. The summed E-state index contributed by atoms with van der Waals surface area (Å²) in [5, 5.41) is 13.0. The maximum absolute atomic E-state index is 13.3. The van der Waals surface area contributed by atoms with E-state index in [4.69, 9.17) is 5.11 Å². The number of anilines is 1. The Morgan fingerprint density at radius 1 is 1.14 bits per heavy atom. The highest BCUT2D eigenvalue weighted by atomic mass is 19.2. The second-order valence-electron chi connectivity index (χ2n) is 4.60. The highest BCUT2D eigenvalue weighted by molar-refractivity contribution is 6.39. The smallest absolute Gasteiger partial charge is 0.313 e. The number of aliphatic hydroxyl groups excluding tert-OH is 1. The highest BCUT2D eigenvalue weighted by Gasteiger charge is 2.22. The van der Waals surface area contributed by atoms with Crippen molar-refractivity contribution in [2.24, 2.45) is 5.92 Å². The van der Waals surface area contributed by atoms with E-state index in [2.05, 4.69) is 5.32 Å². The van der Waals surface area contributed by atoms with E-state index >= 15 is 0 Å². The van der Waals surface area contributed by atoms with E-state index in [9.17, 15) is 22.8 Å². The third-order valence-corrected chi connectivity index (χ3v) is 2.99. The topological polar surface area (TPSA) is 78.4 Å². The molecule has 1 aromatic carbocycles. The van der Waals surface area contributed by atoms with Crippen LogP contribution in [0, 0.1) is 23.4 Å². The summed E-state index contributed by atoms with van der Waals surface area (Å²) in [6.45, 7) is 3.03. The number of benzene rings is 1. The van der Waals surface area contributed by atoms with Gasteiger partial charge in [0.2, 0.25) is 0 Å². The van der Waals surface area contributed by atoms with E-state index < -0.39 is 41.0 Å². The molecule has 0 saturated carbocycles. The summed E-state index contributed by atoms with van der Waals surface area (Å²) in [5.41, 5.74) is -0.642. The predicted molar refractivity (Wildman–Crippen MR) is 68.8 cm³/mol. The Labute approximate surface area is 119 Å². The lowest BCUT2D eigenvalue weighted by Crippen LogP contribution is -2.44. The maximum Gasteiger partial charge on any atom is 0.313 e. The second-order valence-corrected chi connectivity index (χ2v) is 4.60. The largest absolute Gasteiger partial charge is 0.396 e. The molecule has 0 bridgehead atoms. The van der Waals surface area contributed by atoms with Gasteiger partial charge in [-0.1, -0.05) is 6.92 Å². The number of aliphatic hydroxyl groups is 1. The van der Waals surface area contributed by atoms with Crippen LogP contribution in [-0.4, -0.2) is 29.6 Å². The van der Waals surface area contributed by atoms with Crippen LogP contribution in [0.1, 0.15) is 13.8 Å². The van der Waals surface area contributed by atoms with Crippen LogP contribution in [0.3, 0.4) is 0 Å². The summed E-state index contributed by atoms with van der Waals surface area (Å²) >= 11 is 0. The standard InChI is InChI=1S/C13H15F3N2O3/c1-6(5-19)7(2)17-12(20)13(21)18-9-4-3-8(14)10(15)11(9)16/h3-4,6-7,19H,5H2,1-2H3,(H,17,20)(H,18,21). The monoisotopic (exact) mass is 304 g/mol. The number of nitrogens with one attached hydrogen (secondary N) is 2. The van der Waals surface area contributed by atoms with E-state index in [0.717, 1.165) is 6.07 Å². The fraction of sp³-hybridized carbons (Fsp3) is 0.385. The molecule has 0 aliphatic rings. The van der Waals surface area contributed by atoms with Gasteiger partial charge in [0.05, 0.1) is 5.69 Å². The zero-order valence-corrected chi connectivity index (χ0v) is 11.4. The molecule has 21 heavy (non-hydrogen) atoms. The third kappa shape index (κ3) is 4.19. The maximum atomic E-state index is 13.3. The molecule has 0 radical (unpaired) electrons. The van der Waals surface area contributed by atoms with Crippen LogP contribution in [0.5, 0.6) is 0 Å². The van der Waals surface area contributed by atoms with Gasteiger partial charge in [-0.15, -0.1) is 0 Å². The quantitative estimate of drug-likeness (QED) is 0.577. The Balaban J connectivity index is 2.73. The van der Waals surface area contributed by atoms with Crippen molar-refractivity contribution in [3.8, 4) is 0 Å². The minimum Gasteiger partial charge on any atom is -0.396 e. The normalized spacial score (nSPS) is 13.4. The molecular formula is C13H15F3N2O3. The molecule has 0 aliphatic heterocycles. The molecule has 5 nitrogen and oxygen atoms in total. The first-order valence-corrected chi connectivity index (χ1v) is 6.14. The molecule has 8 heteroatoms. The minimum absolute atomic E-state index is 0.194. The lowest BCUT2D eigenvalue weighted by molar-refractivity contribution is -0.136. The average molecular weight is 304 g/mol. The molecule has 0 aromatic heterocycles. The van der Waals surface area contributed by atoms with Crippen molar-refractivity contribution in [2.45, 2.75) is 19.9 Å². The van der Waals surface area contributed by atoms with Crippen molar-refractivity contribution in [1.29, 1.82) is 0 Å². The summed E-state index contributed by atoms with van der Waals surface area (Å²) in [5.74, 6) is -7.32. The SMILES string of the molecule is CC(CO)C(C)NC(=O)C(=O)Nc1ccc(F)c(F)c1F. The van der Waals surface area contributed by atoms with E-state index in [-0.39, 0.29) is 12.5 Å². The first kappa shape index (κ1) is 17.0. The third-order valence-electron chi connectivity index (χ3n) is 2.99. The van der Waals surface area contributed by atoms with Crippen LogP contribution in [-0.2, 0) is 9.59 Å². The molecule has 0 spiro atoms. The number of carbonyl (C=O) groups is 2. The highest BCUT2D eigenvalue weighted by Crippen LogP contribution is 2.19. The summed E-state index contributed by atoms with van der Waals surface area (Å²) in [4.78, 5) is 23.1. The first-order chi connectivity index (χ1) is 9.77. The first-order valence-electron chi connectivity index (χ1n) is 6.14. The molecule has 2 unspecified atom stereocenters. The number of hydrogen-bond donors (Lipinski definition) is 3. The van der Waals surface area contributed by atoms with Crippen molar-refractivity contribution in [3.63, 3.8) is 0 Å². The van der Waals surface area contributed by atoms with Gasteiger partial charge in [0.1, 0.15) is 0 Å². The zero-order valence-electron chi connectivity index (χ0n) is 11.4. The average Bonchev–Trinajstić information content (AvgIpc) is 2.46. The molecule has 2 atom stereocenters. The van der Waals surface area contributed by atoms with Gasteiger partial charge in [-0.05, 0) is 25.0 Å². The van der Waals surface area contributed by atoms with Crippen molar-refractivity contribution in [3.05, 3.63) is 29.6 Å². The fourth-order valence-corrected chi connectivity index (χ4v) is 1.37. The van der Waals surface area contributed by atoms with Crippen molar-refractivity contribution in [2.75, 3.05) is 11.9 Å². The molecule has 0 heterocycles. The number of amides is 2. The van der Waals surface area contributed by atoms with Gasteiger partial charge in [0.15, 0.2) is 17.5 Å². The van der Waals surface area contributed by atoms with Gasteiger partial charge in [0, 0.05) is 12.6 Å². The zero-order chi connectivity index (χ0) is 16.2. The summed E-state index contributed by atoms with van der Waals surface area (Å²) in [6, 6.07) is 0.934. The van der Waals surface area contributed by atoms with Crippen molar-refractivity contribution in [1.82, 2.24) is 5.32 Å². The summed E-state index contributed by atoms with van der Waals surface area (Å²) < 4.78 is 39.0. The Hall–Kier alpha value is -2.09. The molecule has 1 aromatic rings. The molecule has 2 amide bonds. The molecule has 116 valence electrons. The summed E-state index contributed by atoms with van der Waals surface area (Å²) in [6.07, 6.45) is 0. The Morgan fingerprint density at radius 3 is 2.33 bits per heavy atom. The Kier molecular flexibility index (Phi) is 5.71. The van der Waals surface area contributed by atoms with Crippen LogP contribution in [0.25, 0.3) is 0 Å². The lowest BCUT2D eigenvalue weighted by atomic mass is 10.1. The summed E-state index contributed by atoms with van der Waals surface area (Å²) in [7, 11) is 0. The lowest BCUT2D eigenvalue weighted by Gasteiger charge is -2.18. The Bertz CT molecular complexity index is 552. The predicted octanol–water partition coefficient (Wildman–Crippen LogP) is 1.18. The van der Waals surface area contributed by atoms with Gasteiger partial charge in [-0.2, -0.15) is 0 Å². The van der Waals surface area contributed by atoms with Gasteiger partial charge in [-0.3, -0.25) is 9.59 Å². The molecule has 0 saturated heterocycles. The van der Waals surface area contributed by atoms with Crippen molar-refractivity contribution < 1.29 is 27.9 Å².